The van der Waals surface area contributed by atoms with Crippen LogP contribution in [0.25, 0.3) is 11.1 Å². The monoisotopic (exact) mass is 233 g/mol. The van der Waals surface area contributed by atoms with Crippen LogP contribution < -0.4 is 10.5 Å². The molecular formula is C13H12ClNO. The number of methoxy groups -OCH3 is 1. The van der Waals surface area contributed by atoms with Crippen molar-refractivity contribution in [3.8, 4) is 16.9 Å². The second kappa shape index (κ2) is 4.45. The minimum Gasteiger partial charge on any atom is -0.497 e. The molecule has 0 heterocycles. The second-order valence-electron chi connectivity index (χ2n) is 3.46. The van der Waals surface area contributed by atoms with Crippen molar-refractivity contribution in [2.45, 2.75) is 0 Å². The standard InChI is InChI=1S/C13H12ClNO/c1-16-11-5-6-13(15)12(8-11)9-3-2-4-10(14)7-9/h2-8H,15H2,1H3. The van der Waals surface area contributed by atoms with Gasteiger partial charge in [-0.25, -0.2) is 0 Å². The summed E-state index contributed by atoms with van der Waals surface area (Å²) in [6.07, 6.45) is 0. The second-order valence-corrected chi connectivity index (χ2v) is 3.90. The van der Waals surface area contributed by atoms with Crippen molar-refractivity contribution in [1.82, 2.24) is 0 Å². The maximum Gasteiger partial charge on any atom is 0.119 e. The Hall–Kier alpha value is -1.67. The summed E-state index contributed by atoms with van der Waals surface area (Å²) in [6.45, 7) is 0. The molecule has 0 fully saturated rings. The van der Waals surface area contributed by atoms with Crippen molar-refractivity contribution in [2.75, 3.05) is 12.8 Å². The molecule has 2 rings (SSSR count). The van der Waals surface area contributed by atoms with Crippen LogP contribution in [-0.4, -0.2) is 7.11 Å². The highest BCUT2D eigenvalue weighted by Crippen LogP contribution is 2.30. The van der Waals surface area contributed by atoms with Crippen LogP contribution in [-0.2, 0) is 0 Å². The van der Waals surface area contributed by atoms with Gasteiger partial charge in [-0.05, 0) is 35.9 Å². The molecule has 2 aromatic rings. The third-order valence-electron chi connectivity index (χ3n) is 2.40. The summed E-state index contributed by atoms with van der Waals surface area (Å²) >= 11 is 5.95. The molecule has 0 unspecified atom stereocenters. The molecule has 0 aromatic heterocycles. The molecule has 82 valence electrons. The number of nitrogen functional groups attached to an aromatic ring is 1. The lowest BCUT2D eigenvalue weighted by Crippen LogP contribution is -1.91. The molecule has 0 saturated carbocycles. The molecule has 0 spiro atoms. The molecule has 0 radical (unpaired) electrons. The number of ether oxygens (including phenoxy) is 1. The van der Waals surface area contributed by atoms with Crippen LogP contribution in [0.5, 0.6) is 5.75 Å². The molecule has 0 aliphatic rings. The number of nitrogens with two attached hydrogens (primary N) is 1. The first-order valence-corrected chi connectivity index (χ1v) is 5.28. The molecule has 0 atom stereocenters. The van der Waals surface area contributed by atoms with Gasteiger partial charge in [0.15, 0.2) is 0 Å². The van der Waals surface area contributed by atoms with Crippen LogP contribution in [0, 0.1) is 0 Å². The number of benzene rings is 2. The number of rotatable bonds is 2. The van der Waals surface area contributed by atoms with Gasteiger partial charge < -0.3 is 10.5 Å². The van der Waals surface area contributed by atoms with Crippen LogP contribution in [0.3, 0.4) is 0 Å². The molecule has 0 saturated heterocycles. The Labute approximate surface area is 99.6 Å². The highest BCUT2D eigenvalue weighted by atomic mass is 35.5. The molecule has 2 N–H and O–H groups in total. The highest BCUT2D eigenvalue weighted by molar-refractivity contribution is 6.30. The summed E-state index contributed by atoms with van der Waals surface area (Å²) in [7, 11) is 1.63. The zero-order valence-corrected chi connectivity index (χ0v) is 9.66. The first-order chi connectivity index (χ1) is 7.70. The van der Waals surface area contributed by atoms with Gasteiger partial charge in [-0.3, -0.25) is 0 Å². The Kier molecular flexibility index (Phi) is 3.02. The first-order valence-electron chi connectivity index (χ1n) is 4.90. The van der Waals surface area contributed by atoms with E-state index in [4.69, 9.17) is 22.1 Å². The zero-order valence-electron chi connectivity index (χ0n) is 8.91. The van der Waals surface area contributed by atoms with E-state index >= 15 is 0 Å². The first kappa shape index (κ1) is 10.8. The summed E-state index contributed by atoms with van der Waals surface area (Å²) in [5.74, 6) is 0.782. The molecule has 0 aliphatic carbocycles. The average Bonchev–Trinajstić information content (AvgIpc) is 2.30. The van der Waals surface area contributed by atoms with E-state index in [0.717, 1.165) is 16.9 Å². The molecule has 16 heavy (non-hydrogen) atoms. The number of hydrogen-bond acceptors (Lipinski definition) is 2. The fraction of sp³-hybridized carbons (Fsp3) is 0.0769. The van der Waals surface area contributed by atoms with Gasteiger partial charge in [-0.1, -0.05) is 23.7 Å². The van der Waals surface area contributed by atoms with Crippen molar-refractivity contribution in [3.63, 3.8) is 0 Å². The lowest BCUT2D eigenvalue weighted by molar-refractivity contribution is 0.415. The average molecular weight is 234 g/mol. The van der Waals surface area contributed by atoms with Crippen LogP contribution in [0.1, 0.15) is 0 Å². The van der Waals surface area contributed by atoms with Crippen LogP contribution in [0.15, 0.2) is 42.5 Å². The van der Waals surface area contributed by atoms with Crippen LogP contribution in [0.4, 0.5) is 5.69 Å². The topological polar surface area (TPSA) is 35.2 Å². The molecule has 2 nitrogen and oxygen atoms in total. The molecular weight excluding hydrogens is 222 g/mol. The minimum absolute atomic E-state index is 0.694. The summed E-state index contributed by atoms with van der Waals surface area (Å²) in [5, 5.41) is 0.694. The van der Waals surface area contributed by atoms with Gasteiger partial charge in [0.2, 0.25) is 0 Å². The maximum atomic E-state index is 5.95. The quantitative estimate of drug-likeness (QED) is 0.805. The largest absolute Gasteiger partial charge is 0.497 e. The van der Waals surface area contributed by atoms with Gasteiger partial charge in [-0.15, -0.1) is 0 Å². The third-order valence-corrected chi connectivity index (χ3v) is 2.63. The van der Waals surface area contributed by atoms with E-state index in [1.54, 1.807) is 7.11 Å². The number of hydrogen-bond donors (Lipinski definition) is 1. The van der Waals surface area contributed by atoms with E-state index in [1.165, 1.54) is 0 Å². The van der Waals surface area contributed by atoms with E-state index in [-0.39, 0.29) is 0 Å². The van der Waals surface area contributed by atoms with E-state index in [9.17, 15) is 0 Å². The molecule has 0 amide bonds. The lowest BCUT2D eigenvalue weighted by Gasteiger charge is -2.08. The van der Waals surface area contributed by atoms with E-state index < -0.39 is 0 Å². The Bertz CT molecular complexity index is 511. The van der Waals surface area contributed by atoms with Crippen LogP contribution >= 0.6 is 11.6 Å². The van der Waals surface area contributed by atoms with Gasteiger partial charge in [-0.2, -0.15) is 0 Å². The van der Waals surface area contributed by atoms with E-state index in [2.05, 4.69) is 0 Å². The third kappa shape index (κ3) is 2.12. The van der Waals surface area contributed by atoms with Crippen LogP contribution in [0.2, 0.25) is 5.02 Å². The van der Waals surface area contributed by atoms with Gasteiger partial charge in [0.05, 0.1) is 7.11 Å². The predicted molar refractivity (Wildman–Crippen MR) is 67.9 cm³/mol. The molecule has 2 aromatic carbocycles. The Morgan fingerprint density at radius 2 is 1.94 bits per heavy atom. The smallest absolute Gasteiger partial charge is 0.119 e. The van der Waals surface area contributed by atoms with Crippen molar-refractivity contribution in [1.29, 1.82) is 0 Å². The van der Waals surface area contributed by atoms with Crippen molar-refractivity contribution in [3.05, 3.63) is 47.5 Å². The Balaban J connectivity index is 2.54. The van der Waals surface area contributed by atoms with E-state index in [1.807, 2.05) is 42.5 Å². The zero-order chi connectivity index (χ0) is 11.5. The minimum atomic E-state index is 0.694. The maximum absolute atomic E-state index is 5.95. The molecule has 0 aliphatic heterocycles. The SMILES string of the molecule is COc1ccc(N)c(-c2cccc(Cl)c2)c1. The fourth-order valence-corrected chi connectivity index (χ4v) is 1.76. The summed E-state index contributed by atoms with van der Waals surface area (Å²) < 4.78 is 5.17. The summed E-state index contributed by atoms with van der Waals surface area (Å²) in [6, 6.07) is 13.2. The predicted octanol–water partition coefficient (Wildman–Crippen LogP) is 3.60. The highest BCUT2D eigenvalue weighted by Gasteiger charge is 2.04. The molecule has 0 bridgehead atoms. The van der Waals surface area contributed by atoms with Gasteiger partial charge >= 0.3 is 0 Å². The van der Waals surface area contributed by atoms with Gasteiger partial charge in [0.25, 0.3) is 0 Å². The summed E-state index contributed by atoms with van der Waals surface area (Å²) in [5.41, 5.74) is 8.56. The fourth-order valence-electron chi connectivity index (χ4n) is 1.57. The van der Waals surface area contributed by atoms with Crippen molar-refractivity contribution < 1.29 is 4.74 Å². The van der Waals surface area contributed by atoms with Crippen molar-refractivity contribution in [2.24, 2.45) is 0 Å². The Morgan fingerprint density at radius 3 is 2.62 bits per heavy atom. The van der Waals surface area contributed by atoms with Crippen molar-refractivity contribution >= 4 is 17.3 Å². The number of anilines is 1. The van der Waals surface area contributed by atoms with E-state index in [0.29, 0.717) is 10.7 Å². The lowest BCUT2D eigenvalue weighted by atomic mass is 10.0. The number of halogens is 1. The van der Waals surface area contributed by atoms with Gasteiger partial charge in [0, 0.05) is 16.3 Å². The summed E-state index contributed by atoms with van der Waals surface area (Å²) in [4.78, 5) is 0. The normalized spacial score (nSPS) is 10.1. The van der Waals surface area contributed by atoms with Gasteiger partial charge in [0.1, 0.15) is 5.75 Å². The Morgan fingerprint density at radius 1 is 1.12 bits per heavy atom. The molecule has 3 heteroatoms.